The molecule has 2 N–H and O–H groups in total. The molecule has 1 aliphatic rings. The molecule has 138 valence electrons. The summed E-state index contributed by atoms with van der Waals surface area (Å²) < 4.78 is 16.0. The number of carbonyl (C=O) groups is 1. The second-order valence-corrected chi connectivity index (χ2v) is 6.97. The second-order valence-electron chi connectivity index (χ2n) is 6.08. The molecule has 1 amide bonds. The van der Waals surface area contributed by atoms with Gasteiger partial charge in [-0.15, -0.1) is 11.3 Å². The van der Waals surface area contributed by atoms with Crippen molar-refractivity contribution < 1.29 is 9.18 Å². The normalized spacial score (nSPS) is 14.9. The van der Waals surface area contributed by atoms with E-state index in [-0.39, 0.29) is 18.3 Å². The first-order valence-corrected chi connectivity index (χ1v) is 9.49. The van der Waals surface area contributed by atoms with Crippen LogP contribution in [0, 0.1) is 0 Å². The number of nitrogens with one attached hydrogen (secondary N) is 2. The highest BCUT2D eigenvalue weighted by atomic mass is 32.1. The van der Waals surface area contributed by atoms with Crippen molar-refractivity contribution in [2.24, 2.45) is 0 Å². The smallest absolute Gasteiger partial charge is 0.249 e. The maximum atomic E-state index is 13.9. The topological polar surface area (TPSA) is 71.8 Å². The first kappa shape index (κ1) is 18.5. The molecule has 0 spiro atoms. The molecule has 2 aromatic rings. The Morgan fingerprint density at radius 1 is 1.54 bits per heavy atom. The Labute approximate surface area is 155 Å². The minimum Gasteiger partial charge on any atom is -0.334 e. The number of aryl methyl sites for hydroxylation is 1. The standard InChI is InChI=1S/C18H22FN5OS/c1-3-5-13(19)12(2)10-21-16(17(25)23-18-20-7-9-26-18)15-14-6-4-8-24(14)11-22-15/h5,7,9,11,16,21H,2-4,6,8,10H2,1H3,(H,20,23,25)/b13-5+. The quantitative estimate of drug-likeness (QED) is 0.694. The Hall–Kier alpha value is -2.32. The third-order valence-corrected chi connectivity index (χ3v) is 4.92. The third kappa shape index (κ3) is 4.08. The van der Waals surface area contributed by atoms with Gasteiger partial charge in [-0.25, -0.2) is 14.4 Å². The molecule has 0 saturated heterocycles. The zero-order valence-corrected chi connectivity index (χ0v) is 15.5. The van der Waals surface area contributed by atoms with E-state index in [1.807, 2.05) is 6.92 Å². The van der Waals surface area contributed by atoms with Crippen LogP contribution in [0.3, 0.4) is 0 Å². The van der Waals surface area contributed by atoms with E-state index >= 15 is 0 Å². The number of amides is 1. The monoisotopic (exact) mass is 375 g/mol. The number of imidazole rings is 1. The molecule has 0 bridgehead atoms. The van der Waals surface area contributed by atoms with Crippen LogP contribution in [0.1, 0.15) is 37.2 Å². The number of nitrogens with zero attached hydrogens (tertiary/aromatic N) is 3. The average molecular weight is 375 g/mol. The molecule has 1 aliphatic heterocycles. The maximum absolute atomic E-state index is 13.9. The lowest BCUT2D eigenvalue weighted by Crippen LogP contribution is -2.35. The summed E-state index contributed by atoms with van der Waals surface area (Å²) in [4.78, 5) is 21.3. The number of carbonyl (C=O) groups excluding carboxylic acids is 1. The minimum atomic E-state index is -0.695. The summed E-state index contributed by atoms with van der Waals surface area (Å²) in [7, 11) is 0. The van der Waals surface area contributed by atoms with Crippen LogP contribution >= 0.6 is 11.3 Å². The van der Waals surface area contributed by atoms with Gasteiger partial charge in [0, 0.05) is 30.4 Å². The highest BCUT2D eigenvalue weighted by molar-refractivity contribution is 7.13. The van der Waals surface area contributed by atoms with Crippen molar-refractivity contribution in [3.05, 3.63) is 53.3 Å². The molecule has 1 unspecified atom stereocenters. The Morgan fingerprint density at radius 2 is 2.38 bits per heavy atom. The molecule has 26 heavy (non-hydrogen) atoms. The van der Waals surface area contributed by atoms with Crippen LogP contribution in [-0.2, 0) is 17.8 Å². The number of rotatable bonds is 8. The molecule has 0 saturated carbocycles. The van der Waals surface area contributed by atoms with Crippen molar-refractivity contribution in [1.82, 2.24) is 19.9 Å². The Morgan fingerprint density at radius 3 is 3.12 bits per heavy atom. The molecular formula is C18H22FN5OS. The predicted molar refractivity (Wildman–Crippen MR) is 101 cm³/mol. The predicted octanol–water partition coefficient (Wildman–Crippen LogP) is 3.37. The lowest BCUT2D eigenvalue weighted by Gasteiger charge is -2.18. The number of hydrogen-bond acceptors (Lipinski definition) is 5. The fraction of sp³-hybridized carbons (Fsp3) is 0.389. The zero-order chi connectivity index (χ0) is 18.5. The number of anilines is 1. The molecule has 0 aliphatic carbocycles. The highest BCUT2D eigenvalue weighted by Crippen LogP contribution is 2.25. The van der Waals surface area contributed by atoms with E-state index in [1.54, 1.807) is 17.9 Å². The average Bonchev–Trinajstić information content (AvgIpc) is 3.34. The fourth-order valence-electron chi connectivity index (χ4n) is 2.96. The van der Waals surface area contributed by atoms with E-state index in [9.17, 15) is 9.18 Å². The van der Waals surface area contributed by atoms with Crippen molar-refractivity contribution >= 4 is 22.4 Å². The highest BCUT2D eigenvalue weighted by Gasteiger charge is 2.29. The number of hydrogen-bond donors (Lipinski definition) is 2. The molecule has 0 radical (unpaired) electrons. The second kappa shape index (κ2) is 8.37. The van der Waals surface area contributed by atoms with Gasteiger partial charge in [0.15, 0.2) is 5.13 Å². The summed E-state index contributed by atoms with van der Waals surface area (Å²) in [5.74, 6) is -0.616. The lowest BCUT2D eigenvalue weighted by atomic mass is 10.1. The summed E-state index contributed by atoms with van der Waals surface area (Å²) in [5, 5.41) is 8.22. The Bertz CT molecular complexity index is 812. The van der Waals surface area contributed by atoms with Crippen molar-refractivity contribution in [2.75, 3.05) is 11.9 Å². The van der Waals surface area contributed by atoms with E-state index in [0.29, 0.717) is 22.8 Å². The molecule has 3 rings (SSSR count). The van der Waals surface area contributed by atoms with Gasteiger partial charge in [0.2, 0.25) is 5.91 Å². The van der Waals surface area contributed by atoms with Gasteiger partial charge < -0.3 is 9.88 Å². The number of halogens is 1. The van der Waals surface area contributed by atoms with E-state index in [0.717, 1.165) is 25.1 Å². The zero-order valence-electron chi connectivity index (χ0n) is 14.7. The first-order valence-electron chi connectivity index (χ1n) is 8.61. The lowest BCUT2D eigenvalue weighted by molar-refractivity contribution is -0.118. The number of aromatic nitrogens is 3. The number of fused-ring (bicyclic) bond motifs is 1. The molecule has 2 aromatic heterocycles. The van der Waals surface area contributed by atoms with Crippen molar-refractivity contribution in [3.8, 4) is 0 Å². The summed E-state index contributed by atoms with van der Waals surface area (Å²) >= 11 is 1.34. The minimum absolute atomic E-state index is 0.157. The van der Waals surface area contributed by atoms with Crippen LogP contribution in [-0.4, -0.2) is 27.0 Å². The van der Waals surface area contributed by atoms with Gasteiger partial charge in [0.25, 0.3) is 0 Å². The van der Waals surface area contributed by atoms with Crippen molar-refractivity contribution in [2.45, 2.75) is 38.8 Å². The van der Waals surface area contributed by atoms with Gasteiger partial charge in [-0.2, -0.15) is 0 Å². The summed E-state index contributed by atoms with van der Waals surface area (Å²) in [6.45, 7) is 6.68. The molecule has 0 aromatic carbocycles. The summed E-state index contributed by atoms with van der Waals surface area (Å²) in [6, 6.07) is -0.695. The van der Waals surface area contributed by atoms with Crippen LogP contribution in [0.5, 0.6) is 0 Å². The van der Waals surface area contributed by atoms with Crippen molar-refractivity contribution in [1.29, 1.82) is 0 Å². The van der Waals surface area contributed by atoms with Gasteiger partial charge in [-0.1, -0.05) is 13.5 Å². The fourth-order valence-corrected chi connectivity index (χ4v) is 3.49. The number of allylic oxidation sites excluding steroid dienone is 1. The van der Waals surface area contributed by atoms with Crippen LogP contribution < -0.4 is 10.6 Å². The van der Waals surface area contributed by atoms with Gasteiger partial charge in [-0.05, 0) is 30.9 Å². The molecule has 1 atom stereocenters. The van der Waals surface area contributed by atoms with E-state index in [2.05, 4.69) is 31.7 Å². The van der Waals surface area contributed by atoms with Gasteiger partial charge in [0.05, 0.1) is 12.0 Å². The van der Waals surface area contributed by atoms with Crippen LogP contribution in [0.2, 0.25) is 0 Å². The van der Waals surface area contributed by atoms with Crippen LogP contribution in [0.15, 0.2) is 42.0 Å². The number of thiazole rings is 1. The summed E-state index contributed by atoms with van der Waals surface area (Å²) in [5.41, 5.74) is 2.05. The van der Waals surface area contributed by atoms with Crippen LogP contribution in [0.4, 0.5) is 9.52 Å². The Balaban J connectivity index is 1.78. The largest absolute Gasteiger partial charge is 0.334 e. The SMILES string of the molecule is C=C(CNC(C(=O)Nc1nccs1)c1ncn2c1CCC2)/C(F)=C\CC. The van der Waals surface area contributed by atoms with E-state index in [4.69, 9.17) is 0 Å². The van der Waals surface area contributed by atoms with Crippen LogP contribution in [0.25, 0.3) is 0 Å². The first-order chi connectivity index (χ1) is 12.6. The van der Waals surface area contributed by atoms with Gasteiger partial charge >= 0.3 is 0 Å². The third-order valence-electron chi connectivity index (χ3n) is 4.23. The summed E-state index contributed by atoms with van der Waals surface area (Å²) in [6.07, 6.45) is 7.37. The van der Waals surface area contributed by atoms with Gasteiger partial charge in [-0.3, -0.25) is 10.1 Å². The molecule has 0 fully saturated rings. The molecular weight excluding hydrogens is 353 g/mol. The maximum Gasteiger partial charge on any atom is 0.249 e. The molecule has 3 heterocycles. The molecule has 6 nitrogen and oxygen atoms in total. The van der Waals surface area contributed by atoms with Crippen molar-refractivity contribution in [3.63, 3.8) is 0 Å². The molecule has 8 heteroatoms. The van der Waals surface area contributed by atoms with Gasteiger partial charge in [0.1, 0.15) is 11.9 Å². The Kier molecular flexibility index (Phi) is 5.95. The van der Waals surface area contributed by atoms with E-state index < -0.39 is 6.04 Å². The van der Waals surface area contributed by atoms with E-state index in [1.165, 1.54) is 17.4 Å².